The van der Waals surface area contributed by atoms with E-state index in [1.807, 2.05) is 12.1 Å². The minimum atomic E-state index is 0.725. The predicted octanol–water partition coefficient (Wildman–Crippen LogP) is 2.25. The van der Waals surface area contributed by atoms with Gasteiger partial charge in [0.1, 0.15) is 0 Å². The molecule has 0 bridgehead atoms. The number of hydrogen-bond donors (Lipinski definition) is 1. The van der Waals surface area contributed by atoms with Crippen LogP contribution in [-0.2, 0) is 0 Å². The van der Waals surface area contributed by atoms with E-state index >= 15 is 0 Å². The molecule has 1 aromatic heterocycles. The van der Waals surface area contributed by atoms with Crippen LogP contribution < -0.4 is 10.1 Å². The quantitative estimate of drug-likeness (QED) is 0.575. The summed E-state index contributed by atoms with van der Waals surface area (Å²) in [7, 11) is 0. The van der Waals surface area contributed by atoms with Gasteiger partial charge in [-0.05, 0) is 25.6 Å². The molecule has 88 valence electrons. The van der Waals surface area contributed by atoms with Crippen LogP contribution in [0.1, 0.15) is 20.3 Å². The standard InChI is InChI=1S/C12H19N3O/c1-3-15(4-2)8-5-9-16-11-7-6-10-12(13-10)14-11/h6-7H,3-5,8-9H2,1-2H3,(H,13,14). The summed E-state index contributed by atoms with van der Waals surface area (Å²) in [6.45, 7) is 8.42. The molecule has 4 heteroatoms. The van der Waals surface area contributed by atoms with E-state index in [-0.39, 0.29) is 0 Å². The van der Waals surface area contributed by atoms with E-state index in [2.05, 4.69) is 29.0 Å². The summed E-state index contributed by atoms with van der Waals surface area (Å²) in [5, 5.41) is 3.06. The van der Waals surface area contributed by atoms with Crippen molar-refractivity contribution >= 4 is 11.5 Å². The molecule has 1 aliphatic rings. The second-order valence-electron chi connectivity index (χ2n) is 3.90. The Bertz CT molecular complexity index is 350. The van der Waals surface area contributed by atoms with Gasteiger partial charge in [0.05, 0.1) is 12.3 Å². The first-order valence-corrected chi connectivity index (χ1v) is 5.96. The molecule has 0 spiro atoms. The first-order chi connectivity index (χ1) is 7.83. The number of nitrogens with one attached hydrogen (secondary N) is 1. The minimum absolute atomic E-state index is 0.725. The number of nitrogens with zero attached hydrogens (tertiary/aromatic N) is 2. The molecule has 1 aliphatic heterocycles. The second-order valence-corrected chi connectivity index (χ2v) is 3.90. The smallest absolute Gasteiger partial charge is 0.215 e. The van der Waals surface area contributed by atoms with Crippen molar-refractivity contribution in [3.63, 3.8) is 0 Å². The Morgan fingerprint density at radius 2 is 2.12 bits per heavy atom. The molecule has 0 fully saturated rings. The maximum absolute atomic E-state index is 5.58. The van der Waals surface area contributed by atoms with Crippen molar-refractivity contribution in [2.75, 3.05) is 31.6 Å². The van der Waals surface area contributed by atoms with Crippen molar-refractivity contribution in [1.29, 1.82) is 0 Å². The summed E-state index contributed by atoms with van der Waals surface area (Å²) in [4.78, 5) is 6.67. The monoisotopic (exact) mass is 221 g/mol. The van der Waals surface area contributed by atoms with Crippen LogP contribution >= 0.6 is 0 Å². The number of hydrogen-bond acceptors (Lipinski definition) is 4. The largest absolute Gasteiger partial charge is 0.478 e. The van der Waals surface area contributed by atoms with Crippen LogP contribution in [-0.4, -0.2) is 36.1 Å². The lowest BCUT2D eigenvalue weighted by Gasteiger charge is -2.17. The fourth-order valence-corrected chi connectivity index (χ4v) is 1.69. The van der Waals surface area contributed by atoms with Gasteiger partial charge in [-0.15, -0.1) is 0 Å². The first kappa shape index (κ1) is 11.2. The van der Waals surface area contributed by atoms with Gasteiger partial charge in [-0.3, -0.25) is 0 Å². The van der Waals surface area contributed by atoms with E-state index in [1.165, 1.54) is 0 Å². The van der Waals surface area contributed by atoms with Crippen molar-refractivity contribution in [2.45, 2.75) is 20.3 Å². The highest BCUT2D eigenvalue weighted by molar-refractivity contribution is 5.86. The molecule has 0 aliphatic carbocycles. The van der Waals surface area contributed by atoms with Crippen LogP contribution in [0.3, 0.4) is 0 Å². The third-order valence-electron chi connectivity index (χ3n) is 2.82. The van der Waals surface area contributed by atoms with Gasteiger partial charge in [0.15, 0.2) is 5.82 Å². The Morgan fingerprint density at radius 1 is 1.31 bits per heavy atom. The van der Waals surface area contributed by atoms with Crippen LogP contribution in [0.5, 0.6) is 5.88 Å². The zero-order chi connectivity index (χ0) is 11.4. The predicted molar refractivity (Wildman–Crippen MR) is 65.4 cm³/mol. The highest BCUT2D eigenvalue weighted by Crippen LogP contribution is 2.37. The number of rotatable bonds is 7. The normalized spacial score (nSPS) is 12.2. The van der Waals surface area contributed by atoms with Crippen molar-refractivity contribution < 1.29 is 4.74 Å². The molecule has 0 amide bonds. The zero-order valence-electron chi connectivity index (χ0n) is 9.99. The minimum Gasteiger partial charge on any atom is -0.478 e. The Labute approximate surface area is 96.6 Å². The summed E-state index contributed by atoms with van der Waals surface area (Å²) < 4.78 is 5.58. The van der Waals surface area contributed by atoms with E-state index in [1.54, 1.807) is 0 Å². The molecular weight excluding hydrogens is 202 g/mol. The van der Waals surface area contributed by atoms with Crippen LogP contribution in [0.4, 0.5) is 11.5 Å². The molecule has 4 nitrogen and oxygen atoms in total. The summed E-state index contributed by atoms with van der Waals surface area (Å²) in [6.07, 6.45) is 1.05. The molecule has 0 unspecified atom stereocenters. The van der Waals surface area contributed by atoms with Crippen LogP contribution in [0.2, 0.25) is 0 Å². The van der Waals surface area contributed by atoms with Crippen molar-refractivity contribution in [1.82, 2.24) is 9.88 Å². The summed E-state index contributed by atoms with van der Waals surface area (Å²) in [6, 6.07) is 3.91. The first-order valence-electron chi connectivity index (χ1n) is 5.96. The molecule has 0 saturated heterocycles. The summed E-state index contributed by atoms with van der Waals surface area (Å²) >= 11 is 0. The molecule has 1 aromatic rings. The molecule has 0 aromatic carbocycles. The van der Waals surface area contributed by atoms with Crippen LogP contribution in [0.25, 0.3) is 0 Å². The van der Waals surface area contributed by atoms with Gasteiger partial charge in [-0.1, -0.05) is 13.8 Å². The summed E-state index contributed by atoms with van der Waals surface area (Å²) in [5.74, 6) is 1.68. The lowest BCUT2D eigenvalue weighted by atomic mass is 10.4. The van der Waals surface area contributed by atoms with Gasteiger partial charge in [0.2, 0.25) is 5.88 Å². The number of ether oxygens (including phenoxy) is 1. The highest BCUT2D eigenvalue weighted by atomic mass is 16.5. The number of fused-ring (bicyclic) bond motifs is 1. The average molecular weight is 221 g/mol. The molecule has 2 heterocycles. The maximum Gasteiger partial charge on any atom is 0.215 e. The van der Waals surface area contributed by atoms with Crippen LogP contribution in [0.15, 0.2) is 12.1 Å². The third kappa shape index (κ3) is 2.85. The zero-order valence-corrected chi connectivity index (χ0v) is 9.99. The molecular formula is C12H19N3O. The molecule has 1 N–H and O–H groups in total. The van der Waals surface area contributed by atoms with Gasteiger partial charge < -0.3 is 15.0 Å². The van der Waals surface area contributed by atoms with Gasteiger partial charge in [-0.2, -0.15) is 4.98 Å². The fraction of sp³-hybridized carbons (Fsp3) is 0.583. The van der Waals surface area contributed by atoms with E-state index in [4.69, 9.17) is 4.74 Å². The van der Waals surface area contributed by atoms with E-state index < -0.39 is 0 Å². The topological polar surface area (TPSA) is 47.3 Å². The Kier molecular flexibility index (Phi) is 3.62. The van der Waals surface area contributed by atoms with Crippen LogP contribution in [0, 0.1) is 0 Å². The number of pyridine rings is 1. The lowest BCUT2D eigenvalue weighted by Crippen LogP contribution is -2.25. The maximum atomic E-state index is 5.58. The number of anilines is 2. The highest BCUT2D eigenvalue weighted by Gasteiger charge is 2.17. The molecule has 2 rings (SSSR count). The van der Waals surface area contributed by atoms with E-state index in [9.17, 15) is 0 Å². The van der Waals surface area contributed by atoms with Gasteiger partial charge in [-0.25, -0.2) is 0 Å². The van der Waals surface area contributed by atoms with Crippen molar-refractivity contribution in [2.24, 2.45) is 0 Å². The molecule has 16 heavy (non-hydrogen) atoms. The second kappa shape index (κ2) is 5.16. The lowest BCUT2D eigenvalue weighted by molar-refractivity contribution is 0.245. The van der Waals surface area contributed by atoms with E-state index in [0.29, 0.717) is 0 Å². The van der Waals surface area contributed by atoms with E-state index in [0.717, 1.165) is 50.0 Å². The SMILES string of the molecule is CCN(CC)CCCOc1ccc2c(n1)N2. The molecule has 0 saturated carbocycles. The Morgan fingerprint density at radius 3 is 2.81 bits per heavy atom. The molecule has 0 radical (unpaired) electrons. The molecule has 0 atom stereocenters. The van der Waals surface area contributed by atoms with Crippen molar-refractivity contribution in [3.05, 3.63) is 12.1 Å². The fourth-order valence-electron chi connectivity index (χ4n) is 1.69. The van der Waals surface area contributed by atoms with Crippen molar-refractivity contribution in [3.8, 4) is 5.88 Å². The van der Waals surface area contributed by atoms with Gasteiger partial charge >= 0.3 is 0 Å². The Hall–Kier alpha value is -1.29. The van der Waals surface area contributed by atoms with Gasteiger partial charge in [0, 0.05) is 12.6 Å². The number of aromatic nitrogens is 1. The average Bonchev–Trinajstić information content (AvgIpc) is 3.07. The van der Waals surface area contributed by atoms with Gasteiger partial charge in [0.25, 0.3) is 0 Å². The Balaban J connectivity index is 1.65. The summed E-state index contributed by atoms with van der Waals surface area (Å²) in [5.41, 5.74) is 1.12. The third-order valence-corrected chi connectivity index (χ3v) is 2.82.